The van der Waals surface area contributed by atoms with Crippen LogP contribution in [0.25, 0.3) is 17.0 Å². The van der Waals surface area contributed by atoms with Crippen molar-refractivity contribution in [1.82, 2.24) is 4.57 Å². The van der Waals surface area contributed by atoms with Gasteiger partial charge in [0.2, 0.25) is 0 Å². The highest BCUT2D eigenvalue weighted by atomic mass is 16.5. The van der Waals surface area contributed by atoms with E-state index in [9.17, 15) is 9.90 Å². The van der Waals surface area contributed by atoms with Crippen LogP contribution in [0.1, 0.15) is 50.3 Å². The first kappa shape index (κ1) is 18.7. The van der Waals surface area contributed by atoms with Gasteiger partial charge in [-0.05, 0) is 48.8 Å². The molecule has 1 fully saturated rings. The molecule has 0 saturated heterocycles. The van der Waals surface area contributed by atoms with E-state index >= 15 is 0 Å². The molecule has 1 unspecified atom stereocenters. The summed E-state index contributed by atoms with van der Waals surface area (Å²) in [4.78, 5) is 12.6. The van der Waals surface area contributed by atoms with Crippen LogP contribution in [0.15, 0.2) is 35.8 Å². The van der Waals surface area contributed by atoms with Crippen molar-refractivity contribution in [2.45, 2.75) is 45.6 Å². The van der Waals surface area contributed by atoms with Gasteiger partial charge in [0.25, 0.3) is 0 Å². The van der Waals surface area contributed by atoms with Gasteiger partial charge >= 0.3 is 0 Å². The molecule has 1 saturated carbocycles. The molecule has 1 aromatic heterocycles. The van der Waals surface area contributed by atoms with Crippen molar-refractivity contribution >= 4 is 5.76 Å². The Kier molecular flexibility index (Phi) is 4.48. The quantitative estimate of drug-likeness (QED) is 0.734. The number of methoxy groups -OCH3 is 1. The maximum Gasteiger partial charge on any atom is 0.193 e. The van der Waals surface area contributed by atoms with E-state index < -0.39 is 0 Å². The molecule has 0 amide bonds. The highest BCUT2D eigenvalue weighted by Gasteiger charge is 2.47. The molecule has 1 aliphatic carbocycles. The van der Waals surface area contributed by atoms with Crippen LogP contribution >= 0.6 is 0 Å². The van der Waals surface area contributed by atoms with Gasteiger partial charge in [-0.3, -0.25) is 4.79 Å². The van der Waals surface area contributed by atoms with Gasteiger partial charge in [-0.1, -0.05) is 20.4 Å². The van der Waals surface area contributed by atoms with Crippen molar-refractivity contribution in [3.05, 3.63) is 52.3 Å². The third kappa shape index (κ3) is 2.99. The van der Waals surface area contributed by atoms with Crippen LogP contribution in [0.2, 0.25) is 0 Å². The molecule has 5 heteroatoms. The Hall–Kier alpha value is -2.69. The number of nitrogens with zero attached hydrogens (tertiary/aromatic N) is 1. The molecule has 2 aliphatic rings. The second-order valence-corrected chi connectivity index (χ2v) is 8.17. The monoisotopic (exact) mass is 381 g/mol. The third-order valence-electron chi connectivity index (χ3n) is 6.11. The summed E-state index contributed by atoms with van der Waals surface area (Å²) in [6.07, 6.45) is 5.86. The summed E-state index contributed by atoms with van der Waals surface area (Å²) in [6.45, 7) is 8.55. The van der Waals surface area contributed by atoms with Crippen molar-refractivity contribution in [2.24, 2.45) is 5.41 Å². The molecule has 0 radical (unpaired) electrons. The standard InChI is InChI=1S/C23H27NO4/c1-5-8-28-21-9-15-10-22(23(3)6-7-23)24-13-17(14(2)25)19(26)12-18(24)16(15)11-20(21)27-4/h9,11-13,22,25H,2,5-8,10H2,1,3-4H3. The average molecular weight is 381 g/mol. The molecule has 1 N–H and O–H groups in total. The number of rotatable bonds is 6. The summed E-state index contributed by atoms with van der Waals surface area (Å²) in [6, 6.07) is 5.86. The Morgan fingerprint density at radius 3 is 2.68 bits per heavy atom. The van der Waals surface area contributed by atoms with Gasteiger partial charge in [-0.15, -0.1) is 0 Å². The van der Waals surface area contributed by atoms with Crippen LogP contribution in [0, 0.1) is 5.41 Å². The Labute approximate surface area is 165 Å². The second-order valence-electron chi connectivity index (χ2n) is 8.17. The van der Waals surface area contributed by atoms with Crippen molar-refractivity contribution in [3.63, 3.8) is 0 Å². The molecule has 4 rings (SSSR count). The van der Waals surface area contributed by atoms with Gasteiger partial charge in [0, 0.05) is 23.9 Å². The van der Waals surface area contributed by atoms with Gasteiger partial charge in [-0.25, -0.2) is 0 Å². The molecule has 0 spiro atoms. The molecule has 2 aromatic rings. The molecular formula is C23H27NO4. The fourth-order valence-corrected chi connectivity index (χ4v) is 4.15. The minimum absolute atomic E-state index is 0.188. The van der Waals surface area contributed by atoms with Crippen LogP contribution in [-0.4, -0.2) is 23.4 Å². The number of hydrogen-bond donors (Lipinski definition) is 1. The molecule has 1 aromatic carbocycles. The average Bonchev–Trinajstić information content (AvgIpc) is 3.42. The van der Waals surface area contributed by atoms with Crippen molar-refractivity contribution in [2.75, 3.05) is 13.7 Å². The first-order chi connectivity index (χ1) is 13.4. The van der Waals surface area contributed by atoms with Gasteiger partial charge in [0.15, 0.2) is 16.9 Å². The molecule has 148 valence electrons. The number of aliphatic hydroxyl groups excluding tert-OH is 1. The highest BCUT2D eigenvalue weighted by Crippen LogP contribution is 2.57. The van der Waals surface area contributed by atoms with Crippen LogP contribution < -0.4 is 14.9 Å². The number of aliphatic hydroxyl groups is 1. The van der Waals surface area contributed by atoms with Crippen LogP contribution in [-0.2, 0) is 6.42 Å². The number of fused-ring (bicyclic) bond motifs is 3. The number of ether oxygens (including phenoxy) is 2. The van der Waals surface area contributed by atoms with E-state index in [0.29, 0.717) is 12.4 Å². The lowest BCUT2D eigenvalue weighted by atomic mass is 9.84. The summed E-state index contributed by atoms with van der Waals surface area (Å²) in [7, 11) is 1.63. The maximum atomic E-state index is 12.6. The fourth-order valence-electron chi connectivity index (χ4n) is 4.15. The summed E-state index contributed by atoms with van der Waals surface area (Å²) in [5.74, 6) is 1.23. The van der Waals surface area contributed by atoms with Gasteiger partial charge < -0.3 is 19.1 Å². The Bertz CT molecular complexity index is 1000. The smallest absolute Gasteiger partial charge is 0.193 e. The summed E-state index contributed by atoms with van der Waals surface area (Å²) >= 11 is 0. The zero-order valence-electron chi connectivity index (χ0n) is 16.7. The summed E-state index contributed by atoms with van der Waals surface area (Å²) in [5, 5.41) is 9.86. The fraction of sp³-hybridized carbons (Fsp3) is 0.435. The van der Waals surface area contributed by atoms with Crippen LogP contribution in [0.4, 0.5) is 0 Å². The minimum atomic E-state index is -0.225. The van der Waals surface area contributed by atoms with Crippen molar-refractivity contribution < 1.29 is 14.6 Å². The Morgan fingerprint density at radius 2 is 2.07 bits per heavy atom. The lowest BCUT2D eigenvalue weighted by Crippen LogP contribution is -2.28. The van der Waals surface area contributed by atoms with E-state index in [-0.39, 0.29) is 28.2 Å². The van der Waals surface area contributed by atoms with E-state index in [1.54, 1.807) is 19.4 Å². The van der Waals surface area contributed by atoms with E-state index in [4.69, 9.17) is 9.47 Å². The van der Waals surface area contributed by atoms with Gasteiger partial charge in [0.05, 0.1) is 25.0 Å². The molecule has 5 nitrogen and oxygen atoms in total. The predicted octanol–water partition coefficient (Wildman–Crippen LogP) is 4.74. The Balaban J connectivity index is 1.92. The SMILES string of the molecule is C=C(O)c1cn2c(cc1=O)-c1cc(OC)c(OCCC)cc1CC2C1(C)CC1. The number of hydrogen-bond acceptors (Lipinski definition) is 4. The number of benzene rings is 1. The van der Waals surface area contributed by atoms with Crippen molar-refractivity contribution in [3.8, 4) is 22.8 Å². The highest BCUT2D eigenvalue weighted by molar-refractivity contribution is 5.72. The van der Waals surface area contributed by atoms with E-state index in [0.717, 1.165) is 42.7 Å². The lowest BCUT2D eigenvalue weighted by molar-refractivity contribution is 0.291. The summed E-state index contributed by atoms with van der Waals surface area (Å²) < 4.78 is 13.6. The third-order valence-corrected chi connectivity index (χ3v) is 6.11. The number of pyridine rings is 1. The normalized spacial score (nSPS) is 18.8. The van der Waals surface area contributed by atoms with Gasteiger partial charge in [-0.2, -0.15) is 0 Å². The largest absolute Gasteiger partial charge is 0.508 e. The molecule has 1 aliphatic heterocycles. The van der Waals surface area contributed by atoms with E-state index in [2.05, 4.69) is 31.1 Å². The lowest BCUT2D eigenvalue weighted by Gasteiger charge is -2.35. The predicted molar refractivity (Wildman–Crippen MR) is 110 cm³/mol. The molecule has 1 atom stereocenters. The van der Waals surface area contributed by atoms with Crippen LogP contribution in [0.5, 0.6) is 11.5 Å². The molecule has 28 heavy (non-hydrogen) atoms. The summed E-state index contributed by atoms with van der Waals surface area (Å²) in [5.41, 5.74) is 3.23. The van der Waals surface area contributed by atoms with E-state index in [1.807, 2.05) is 6.07 Å². The maximum absolute atomic E-state index is 12.6. The van der Waals surface area contributed by atoms with Crippen molar-refractivity contribution in [1.29, 1.82) is 0 Å². The topological polar surface area (TPSA) is 60.7 Å². The van der Waals surface area contributed by atoms with Gasteiger partial charge in [0.1, 0.15) is 5.76 Å². The minimum Gasteiger partial charge on any atom is -0.508 e. The first-order valence-corrected chi connectivity index (χ1v) is 9.86. The van der Waals surface area contributed by atoms with E-state index in [1.165, 1.54) is 5.56 Å². The van der Waals surface area contributed by atoms with Crippen LogP contribution in [0.3, 0.4) is 0 Å². The Morgan fingerprint density at radius 1 is 1.32 bits per heavy atom. The zero-order chi connectivity index (χ0) is 20.1. The zero-order valence-corrected chi connectivity index (χ0v) is 16.7. The molecule has 0 bridgehead atoms. The molecule has 2 heterocycles. The molecular weight excluding hydrogens is 354 g/mol. The first-order valence-electron chi connectivity index (χ1n) is 9.86. The number of aromatic nitrogens is 1. The second kappa shape index (κ2) is 6.73.